The zero-order valence-corrected chi connectivity index (χ0v) is 9.89. The maximum atomic E-state index is 11.1. The van der Waals surface area contributed by atoms with Gasteiger partial charge in [-0.2, -0.15) is 0 Å². The summed E-state index contributed by atoms with van der Waals surface area (Å²) in [7, 11) is 0. The minimum atomic E-state index is -0.917. The van der Waals surface area contributed by atoms with E-state index in [0.29, 0.717) is 11.9 Å². The quantitative estimate of drug-likeness (QED) is 0.814. The Morgan fingerprint density at radius 3 is 3.24 bits per heavy atom. The number of carboxylic acid groups (broad SMARTS) is 1. The smallest absolute Gasteiger partial charge is 0.339 e. The average Bonchev–Trinajstić information content (AvgIpc) is 2.78. The minimum absolute atomic E-state index is 0.282. The predicted molar refractivity (Wildman–Crippen MR) is 65.5 cm³/mol. The number of pyridine rings is 1. The van der Waals surface area contributed by atoms with Gasteiger partial charge in [0.2, 0.25) is 0 Å². The largest absolute Gasteiger partial charge is 0.478 e. The molecule has 1 aromatic rings. The molecule has 2 rings (SSSR count). The summed E-state index contributed by atoms with van der Waals surface area (Å²) in [6, 6.07) is 3.69. The number of rotatable bonds is 4. The molecule has 0 bridgehead atoms. The molecule has 0 radical (unpaired) electrons. The number of hydrogen-bond acceptors (Lipinski definition) is 4. The monoisotopic (exact) mass is 235 g/mol. The first-order chi connectivity index (χ1) is 8.22. The van der Waals surface area contributed by atoms with Crippen molar-refractivity contribution in [1.82, 2.24) is 10.3 Å². The molecule has 1 aromatic heterocycles. The normalized spacial score (nSPS) is 19.6. The second-order valence-electron chi connectivity index (χ2n) is 4.17. The van der Waals surface area contributed by atoms with Crippen LogP contribution in [0.1, 0.15) is 23.7 Å². The number of nitrogens with zero attached hydrogens (tertiary/aromatic N) is 2. The van der Waals surface area contributed by atoms with E-state index in [2.05, 4.69) is 17.2 Å². The molecule has 1 saturated heterocycles. The Balaban J connectivity index is 2.16. The maximum absolute atomic E-state index is 11.1. The lowest BCUT2D eigenvalue weighted by atomic mass is 10.2. The van der Waals surface area contributed by atoms with Crippen molar-refractivity contribution in [2.75, 3.05) is 24.5 Å². The topological polar surface area (TPSA) is 65.5 Å². The SMILES string of the molecule is CCN[C@@H]1CCN(c2ncccc2C(=O)O)C1. The van der Waals surface area contributed by atoms with E-state index in [9.17, 15) is 4.79 Å². The molecule has 92 valence electrons. The van der Waals surface area contributed by atoms with Gasteiger partial charge in [0.15, 0.2) is 0 Å². The predicted octanol–water partition coefficient (Wildman–Crippen LogP) is 0.968. The van der Waals surface area contributed by atoms with Crippen LogP contribution in [0.2, 0.25) is 0 Å². The second-order valence-corrected chi connectivity index (χ2v) is 4.17. The number of anilines is 1. The van der Waals surface area contributed by atoms with Gasteiger partial charge in [0.25, 0.3) is 0 Å². The Morgan fingerprint density at radius 2 is 2.53 bits per heavy atom. The number of nitrogens with one attached hydrogen (secondary N) is 1. The minimum Gasteiger partial charge on any atom is -0.478 e. The van der Waals surface area contributed by atoms with Crippen LogP contribution in [0.25, 0.3) is 0 Å². The third-order valence-electron chi connectivity index (χ3n) is 3.00. The van der Waals surface area contributed by atoms with Gasteiger partial charge in [0.05, 0.1) is 0 Å². The van der Waals surface area contributed by atoms with E-state index >= 15 is 0 Å². The molecule has 2 heterocycles. The fraction of sp³-hybridized carbons (Fsp3) is 0.500. The van der Waals surface area contributed by atoms with Crippen LogP contribution in [-0.4, -0.2) is 41.7 Å². The van der Waals surface area contributed by atoms with E-state index in [1.165, 1.54) is 0 Å². The average molecular weight is 235 g/mol. The first kappa shape index (κ1) is 11.9. The molecule has 0 spiro atoms. The molecule has 1 fully saturated rings. The van der Waals surface area contributed by atoms with E-state index in [0.717, 1.165) is 26.1 Å². The molecule has 0 aromatic carbocycles. The Morgan fingerprint density at radius 1 is 1.71 bits per heavy atom. The summed E-state index contributed by atoms with van der Waals surface area (Å²) in [5.41, 5.74) is 0.282. The van der Waals surface area contributed by atoms with Crippen LogP contribution in [0.4, 0.5) is 5.82 Å². The molecule has 1 atom stereocenters. The molecule has 0 saturated carbocycles. The highest BCUT2D eigenvalue weighted by atomic mass is 16.4. The van der Waals surface area contributed by atoms with Gasteiger partial charge in [0, 0.05) is 25.3 Å². The van der Waals surface area contributed by atoms with Crippen LogP contribution in [0, 0.1) is 0 Å². The van der Waals surface area contributed by atoms with Crippen molar-refractivity contribution in [3.8, 4) is 0 Å². The van der Waals surface area contributed by atoms with Crippen LogP contribution in [-0.2, 0) is 0 Å². The van der Waals surface area contributed by atoms with Gasteiger partial charge in [-0.15, -0.1) is 0 Å². The Labute approximate surface area is 100 Å². The third-order valence-corrected chi connectivity index (χ3v) is 3.00. The van der Waals surface area contributed by atoms with Gasteiger partial charge in [-0.1, -0.05) is 6.92 Å². The van der Waals surface area contributed by atoms with Gasteiger partial charge in [-0.3, -0.25) is 0 Å². The Kier molecular flexibility index (Phi) is 3.58. The van der Waals surface area contributed by atoms with Crippen molar-refractivity contribution >= 4 is 11.8 Å². The van der Waals surface area contributed by atoms with E-state index in [1.807, 2.05) is 4.90 Å². The standard InChI is InChI=1S/C12H17N3O2/c1-2-13-9-5-7-15(8-9)11-10(12(16)17)4-3-6-14-11/h3-4,6,9,13H,2,5,7-8H2,1H3,(H,16,17)/t9-/m1/s1. The van der Waals surface area contributed by atoms with Gasteiger partial charge in [-0.05, 0) is 25.1 Å². The fourth-order valence-electron chi connectivity index (χ4n) is 2.22. The lowest BCUT2D eigenvalue weighted by Gasteiger charge is -2.19. The highest BCUT2D eigenvalue weighted by molar-refractivity contribution is 5.93. The number of likely N-dealkylation sites (N-methyl/N-ethyl adjacent to an activating group) is 1. The van der Waals surface area contributed by atoms with Crippen LogP contribution in [0.15, 0.2) is 18.3 Å². The summed E-state index contributed by atoms with van der Waals surface area (Å²) in [5.74, 6) is -0.333. The molecule has 0 unspecified atom stereocenters. The molecule has 5 heteroatoms. The zero-order chi connectivity index (χ0) is 12.3. The number of hydrogen-bond donors (Lipinski definition) is 2. The first-order valence-corrected chi connectivity index (χ1v) is 5.89. The van der Waals surface area contributed by atoms with Crippen molar-refractivity contribution in [3.63, 3.8) is 0 Å². The van der Waals surface area contributed by atoms with Crippen molar-refractivity contribution in [3.05, 3.63) is 23.9 Å². The molecule has 2 N–H and O–H groups in total. The van der Waals surface area contributed by atoms with E-state index < -0.39 is 5.97 Å². The van der Waals surface area contributed by atoms with E-state index in [1.54, 1.807) is 18.3 Å². The maximum Gasteiger partial charge on any atom is 0.339 e. The lowest BCUT2D eigenvalue weighted by Crippen LogP contribution is -2.33. The number of aromatic carboxylic acids is 1. The fourth-order valence-corrected chi connectivity index (χ4v) is 2.22. The highest BCUT2D eigenvalue weighted by Crippen LogP contribution is 2.22. The highest BCUT2D eigenvalue weighted by Gasteiger charge is 2.25. The van der Waals surface area contributed by atoms with Crippen LogP contribution >= 0.6 is 0 Å². The van der Waals surface area contributed by atoms with Crippen LogP contribution < -0.4 is 10.2 Å². The molecule has 17 heavy (non-hydrogen) atoms. The summed E-state index contributed by atoms with van der Waals surface area (Å²) in [5, 5.41) is 12.5. The van der Waals surface area contributed by atoms with E-state index in [4.69, 9.17) is 5.11 Å². The zero-order valence-electron chi connectivity index (χ0n) is 9.89. The van der Waals surface area contributed by atoms with Gasteiger partial charge in [0.1, 0.15) is 11.4 Å². The summed E-state index contributed by atoms with van der Waals surface area (Å²) in [6.45, 7) is 4.69. The Bertz CT molecular complexity index is 408. The van der Waals surface area contributed by atoms with Crippen LogP contribution in [0.3, 0.4) is 0 Å². The first-order valence-electron chi connectivity index (χ1n) is 5.89. The number of aromatic nitrogens is 1. The van der Waals surface area contributed by atoms with Crippen molar-refractivity contribution < 1.29 is 9.90 Å². The van der Waals surface area contributed by atoms with Crippen molar-refractivity contribution in [1.29, 1.82) is 0 Å². The van der Waals surface area contributed by atoms with Gasteiger partial charge >= 0.3 is 5.97 Å². The van der Waals surface area contributed by atoms with Gasteiger partial charge < -0.3 is 15.3 Å². The summed E-state index contributed by atoms with van der Waals surface area (Å²) < 4.78 is 0. The molecule has 1 aliphatic rings. The van der Waals surface area contributed by atoms with Crippen LogP contribution in [0.5, 0.6) is 0 Å². The second kappa shape index (κ2) is 5.14. The Hall–Kier alpha value is -1.62. The van der Waals surface area contributed by atoms with Gasteiger partial charge in [-0.25, -0.2) is 9.78 Å². The summed E-state index contributed by atoms with van der Waals surface area (Å²) in [6.07, 6.45) is 2.67. The number of carbonyl (C=O) groups is 1. The van der Waals surface area contributed by atoms with Crippen molar-refractivity contribution in [2.45, 2.75) is 19.4 Å². The third kappa shape index (κ3) is 2.55. The molecular formula is C12H17N3O2. The van der Waals surface area contributed by atoms with E-state index in [-0.39, 0.29) is 5.56 Å². The van der Waals surface area contributed by atoms with Crippen molar-refractivity contribution in [2.24, 2.45) is 0 Å². The molecule has 1 aliphatic heterocycles. The summed E-state index contributed by atoms with van der Waals surface area (Å²) in [4.78, 5) is 17.3. The molecular weight excluding hydrogens is 218 g/mol. The number of carboxylic acids is 1. The molecule has 0 amide bonds. The summed E-state index contributed by atoms with van der Waals surface area (Å²) >= 11 is 0. The molecule has 0 aliphatic carbocycles. The lowest BCUT2D eigenvalue weighted by molar-refractivity contribution is 0.0697. The molecule has 5 nitrogen and oxygen atoms in total.